The molecule has 14 nitrogen and oxygen atoms in total. The summed E-state index contributed by atoms with van der Waals surface area (Å²) in [7, 11) is 0. The fraction of sp³-hybridized carbons (Fsp3) is 0.462. The predicted octanol–water partition coefficient (Wildman–Crippen LogP) is -2.02. The number of hydrogen-bond donors (Lipinski definition) is 10. The molecule has 10 N–H and O–H groups in total. The standard InChI is InChI=1S/C26H32O14/c27-9-17-19(33)21(35)23(40-26(11-29)24(36)20(34)18(10-28)39-26)25(37-17)38-22-13(7-15(31)8-16(22)32)4-1-12-2-5-14(30)6-3-12/h1-8,17-21,23-25,27-36H,9-11H2/b4-1+/t17-,18-,19-,20-,21+,23-,24+,25+,26+/m1/s1. The minimum Gasteiger partial charge on any atom is -0.508 e. The number of aliphatic hydroxyl groups excluding tert-OH is 7. The van der Waals surface area contributed by atoms with E-state index in [9.17, 15) is 51.1 Å². The Morgan fingerprint density at radius 1 is 0.800 bits per heavy atom. The third-order valence-electron chi connectivity index (χ3n) is 6.73. The van der Waals surface area contributed by atoms with Crippen molar-refractivity contribution < 1.29 is 70.0 Å². The van der Waals surface area contributed by atoms with Crippen LogP contribution in [0.3, 0.4) is 0 Å². The summed E-state index contributed by atoms with van der Waals surface area (Å²) in [6.07, 6.45) is -10.5. The Kier molecular flexibility index (Phi) is 9.16. The van der Waals surface area contributed by atoms with Crippen LogP contribution in [0.4, 0.5) is 0 Å². The van der Waals surface area contributed by atoms with E-state index in [2.05, 4.69) is 0 Å². The zero-order valence-corrected chi connectivity index (χ0v) is 21.0. The van der Waals surface area contributed by atoms with Gasteiger partial charge in [0.1, 0.15) is 54.7 Å². The zero-order valence-electron chi connectivity index (χ0n) is 21.0. The summed E-state index contributed by atoms with van der Waals surface area (Å²) >= 11 is 0. The summed E-state index contributed by atoms with van der Waals surface area (Å²) in [5, 5.41) is 101. The normalized spacial score (nSPS) is 34.4. The molecule has 0 aromatic heterocycles. The van der Waals surface area contributed by atoms with Gasteiger partial charge >= 0.3 is 0 Å². The lowest BCUT2D eigenvalue weighted by Crippen LogP contribution is -2.64. The minimum absolute atomic E-state index is 0.0469. The quantitative estimate of drug-likeness (QED) is 0.147. The molecule has 2 heterocycles. The van der Waals surface area contributed by atoms with Crippen molar-refractivity contribution in [3.63, 3.8) is 0 Å². The molecule has 4 rings (SSSR count). The van der Waals surface area contributed by atoms with Crippen LogP contribution in [-0.4, -0.2) is 126 Å². The van der Waals surface area contributed by atoms with Gasteiger partial charge in [-0.3, -0.25) is 0 Å². The van der Waals surface area contributed by atoms with E-state index >= 15 is 0 Å². The Labute approximate surface area is 227 Å². The average Bonchev–Trinajstić information content (AvgIpc) is 3.18. The molecule has 0 bridgehead atoms. The first-order valence-corrected chi connectivity index (χ1v) is 12.3. The highest BCUT2D eigenvalue weighted by Gasteiger charge is 2.59. The van der Waals surface area contributed by atoms with Crippen LogP contribution in [0.2, 0.25) is 0 Å². The van der Waals surface area contributed by atoms with E-state index in [1.807, 2.05) is 0 Å². The number of rotatable bonds is 9. The summed E-state index contributed by atoms with van der Waals surface area (Å²) in [5.74, 6) is -3.54. The second-order valence-electron chi connectivity index (χ2n) is 9.46. The van der Waals surface area contributed by atoms with Gasteiger partial charge in [0, 0.05) is 11.6 Å². The lowest BCUT2D eigenvalue weighted by Gasteiger charge is -2.45. The molecule has 2 aliphatic heterocycles. The largest absolute Gasteiger partial charge is 0.508 e. The molecule has 0 amide bonds. The van der Waals surface area contributed by atoms with Crippen LogP contribution >= 0.6 is 0 Å². The third-order valence-corrected chi connectivity index (χ3v) is 6.73. The lowest BCUT2D eigenvalue weighted by molar-refractivity contribution is -0.361. The number of aliphatic hydroxyl groups is 7. The molecule has 2 aromatic carbocycles. The van der Waals surface area contributed by atoms with Crippen molar-refractivity contribution in [2.24, 2.45) is 0 Å². The SMILES string of the molecule is OC[C@H]1O[C@@](CO)(O[C@H]2[C@H](Oc3c(O)cc(O)cc3/C=C/c3ccc(O)cc3)O[C@H](CO)[C@@H](O)[C@@H]2O)[C@@H](O)[C@@H]1O. The van der Waals surface area contributed by atoms with E-state index in [0.717, 1.165) is 6.07 Å². The van der Waals surface area contributed by atoms with Gasteiger partial charge < -0.3 is 70.0 Å². The van der Waals surface area contributed by atoms with Gasteiger partial charge in [0.2, 0.25) is 12.1 Å². The van der Waals surface area contributed by atoms with E-state index < -0.39 is 80.4 Å². The summed E-state index contributed by atoms with van der Waals surface area (Å²) in [6.45, 7) is -2.59. The van der Waals surface area contributed by atoms with Crippen LogP contribution in [0.25, 0.3) is 12.2 Å². The Morgan fingerprint density at radius 3 is 2.08 bits per heavy atom. The molecule has 2 aromatic rings. The maximum Gasteiger partial charge on any atom is 0.229 e. The number of aromatic hydroxyl groups is 3. The molecule has 40 heavy (non-hydrogen) atoms. The number of ether oxygens (including phenoxy) is 4. The second kappa shape index (κ2) is 12.2. The monoisotopic (exact) mass is 568 g/mol. The van der Waals surface area contributed by atoms with Gasteiger partial charge in [-0.1, -0.05) is 24.3 Å². The van der Waals surface area contributed by atoms with Crippen molar-refractivity contribution in [2.75, 3.05) is 19.8 Å². The second-order valence-corrected chi connectivity index (χ2v) is 9.46. The highest BCUT2D eigenvalue weighted by atomic mass is 16.8. The van der Waals surface area contributed by atoms with E-state index in [-0.39, 0.29) is 22.8 Å². The first-order valence-electron chi connectivity index (χ1n) is 12.3. The zero-order chi connectivity index (χ0) is 29.2. The fourth-order valence-corrected chi connectivity index (χ4v) is 4.54. The molecule has 0 unspecified atom stereocenters. The highest BCUT2D eigenvalue weighted by Crippen LogP contribution is 2.40. The van der Waals surface area contributed by atoms with Gasteiger partial charge in [-0.2, -0.15) is 0 Å². The Balaban J connectivity index is 1.69. The number of benzene rings is 2. The van der Waals surface area contributed by atoms with Crippen molar-refractivity contribution >= 4 is 12.2 Å². The van der Waals surface area contributed by atoms with Crippen LogP contribution in [0, 0.1) is 0 Å². The van der Waals surface area contributed by atoms with Gasteiger partial charge in [-0.05, 0) is 23.8 Å². The van der Waals surface area contributed by atoms with E-state index in [1.165, 1.54) is 24.3 Å². The summed E-state index contributed by atoms with van der Waals surface area (Å²) < 4.78 is 22.5. The van der Waals surface area contributed by atoms with Gasteiger partial charge in [-0.25, -0.2) is 0 Å². The van der Waals surface area contributed by atoms with Crippen molar-refractivity contribution in [3.05, 3.63) is 47.5 Å². The molecule has 0 spiro atoms. The van der Waals surface area contributed by atoms with Gasteiger partial charge in [0.15, 0.2) is 17.6 Å². The molecule has 2 fully saturated rings. The highest BCUT2D eigenvalue weighted by molar-refractivity contribution is 5.75. The summed E-state index contributed by atoms with van der Waals surface area (Å²) in [4.78, 5) is 0. The van der Waals surface area contributed by atoms with Crippen LogP contribution in [-0.2, 0) is 14.2 Å². The van der Waals surface area contributed by atoms with Crippen LogP contribution < -0.4 is 4.74 Å². The molecule has 2 aliphatic rings. The molecule has 2 saturated heterocycles. The number of phenolic OH excluding ortho intramolecular Hbond substituents is 3. The maximum atomic E-state index is 10.9. The number of hydrogen-bond acceptors (Lipinski definition) is 14. The fourth-order valence-electron chi connectivity index (χ4n) is 4.54. The van der Waals surface area contributed by atoms with E-state index in [1.54, 1.807) is 18.2 Å². The van der Waals surface area contributed by atoms with Gasteiger partial charge in [0.25, 0.3) is 0 Å². The Bertz CT molecular complexity index is 1170. The molecule has 220 valence electrons. The topological polar surface area (TPSA) is 239 Å². The van der Waals surface area contributed by atoms with E-state index in [0.29, 0.717) is 5.56 Å². The molecular formula is C26H32O14. The summed E-state index contributed by atoms with van der Waals surface area (Å²) in [6, 6.07) is 8.30. The van der Waals surface area contributed by atoms with E-state index in [4.69, 9.17) is 18.9 Å². The molecule has 14 heteroatoms. The van der Waals surface area contributed by atoms with Crippen molar-refractivity contribution in [1.82, 2.24) is 0 Å². The molecule has 9 atom stereocenters. The van der Waals surface area contributed by atoms with Crippen LogP contribution in [0.15, 0.2) is 36.4 Å². The Morgan fingerprint density at radius 2 is 1.48 bits per heavy atom. The average molecular weight is 569 g/mol. The minimum atomic E-state index is -2.40. The Hall–Kier alpha value is -3.02. The van der Waals surface area contributed by atoms with Gasteiger partial charge in [-0.15, -0.1) is 0 Å². The van der Waals surface area contributed by atoms with Crippen molar-refractivity contribution in [3.8, 4) is 23.0 Å². The van der Waals surface area contributed by atoms with Crippen molar-refractivity contribution in [1.29, 1.82) is 0 Å². The van der Waals surface area contributed by atoms with Crippen molar-refractivity contribution in [2.45, 2.75) is 54.8 Å². The van der Waals surface area contributed by atoms with Crippen LogP contribution in [0.1, 0.15) is 11.1 Å². The first-order chi connectivity index (χ1) is 19.0. The molecule has 0 saturated carbocycles. The summed E-state index contributed by atoms with van der Waals surface area (Å²) in [5.41, 5.74) is 0.744. The lowest BCUT2D eigenvalue weighted by atomic mass is 9.98. The molecule has 0 radical (unpaired) electrons. The number of phenols is 3. The smallest absolute Gasteiger partial charge is 0.229 e. The molecular weight excluding hydrogens is 536 g/mol. The maximum absolute atomic E-state index is 10.9. The molecule has 0 aliphatic carbocycles. The first kappa shape index (κ1) is 30.0. The van der Waals surface area contributed by atoms with Gasteiger partial charge in [0.05, 0.1) is 13.2 Å². The van der Waals surface area contributed by atoms with Crippen LogP contribution in [0.5, 0.6) is 23.0 Å². The third kappa shape index (κ3) is 5.87. The predicted molar refractivity (Wildman–Crippen MR) is 134 cm³/mol.